The first-order valence-electron chi connectivity index (χ1n) is 6.86. The van der Waals surface area contributed by atoms with Crippen LogP contribution in [0, 0.1) is 10.1 Å². The van der Waals surface area contributed by atoms with Crippen LogP contribution in [-0.4, -0.2) is 36.6 Å². The zero-order chi connectivity index (χ0) is 18.0. The molecule has 2 rings (SSSR count). The summed E-state index contributed by atoms with van der Waals surface area (Å²) in [5.74, 6) is -3.06. The Morgan fingerprint density at radius 3 is 2.50 bits per heavy atom. The molecule has 1 aromatic heterocycles. The molecule has 0 amide bonds. The number of nitro groups is 1. The monoisotopic (exact) mass is 334 g/mol. The van der Waals surface area contributed by atoms with Crippen LogP contribution in [0.3, 0.4) is 0 Å². The van der Waals surface area contributed by atoms with Gasteiger partial charge in [0, 0.05) is 24.2 Å². The van der Waals surface area contributed by atoms with Gasteiger partial charge in [0.2, 0.25) is 5.88 Å². The van der Waals surface area contributed by atoms with E-state index in [9.17, 15) is 29.9 Å². The molecular formula is C15H14N2O7. The van der Waals surface area contributed by atoms with Gasteiger partial charge in [-0.05, 0) is 6.92 Å². The molecule has 9 heteroatoms. The van der Waals surface area contributed by atoms with Crippen molar-refractivity contribution in [3.05, 3.63) is 39.9 Å². The van der Waals surface area contributed by atoms with Crippen LogP contribution in [0.4, 0.5) is 5.69 Å². The number of nitrogens with zero attached hydrogens (tertiary/aromatic N) is 2. The molecule has 0 saturated carbocycles. The van der Waals surface area contributed by atoms with Crippen LogP contribution in [0.1, 0.15) is 23.7 Å². The van der Waals surface area contributed by atoms with Crippen molar-refractivity contribution >= 4 is 17.4 Å². The first-order valence-corrected chi connectivity index (χ1v) is 6.86. The van der Waals surface area contributed by atoms with Crippen LogP contribution >= 0.6 is 0 Å². The Morgan fingerprint density at radius 1 is 1.29 bits per heavy atom. The summed E-state index contributed by atoms with van der Waals surface area (Å²) in [4.78, 5) is 32.9. The van der Waals surface area contributed by atoms with Crippen molar-refractivity contribution in [2.24, 2.45) is 0 Å². The standard InChI is InChI=1S/C15H14N2O7/c1-8(18)12-13(9-3-2-4-10(7-9)17(23)24)16(6-5-11(19)20)15(22)14(12)21/h2-4,7,21-22H,5-6H2,1H3,(H,19,20). The second-order valence-electron chi connectivity index (χ2n) is 5.05. The zero-order valence-corrected chi connectivity index (χ0v) is 12.6. The molecule has 0 unspecified atom stereocenters. The maximum absolute atomic E-state index is 11.8. The summed E-state index contributed by atoms with van der Waals surface area (Å²) in [6.45, 7) is 0.941. The third-order valence-electron chi connectivity index (χ3n) is 3.44. The van der Waals surface area contributed by atoms with Gasteiger partial charge in [0.1, 0.15) is 0 Å². The largest absolute Gasteiger partial charge is 0.503 e. The van der Waals surface area contributed by atoms with Gasteiger partial charge < -0.3 is 19.9 Å². The van der Waals surface area contributed by atoms with E-state index in [1.807, 2.05) is 0 Å². The predicted molar refractivity (Wildman–Crippen MR) is 82.1 cm³/mol. The second kappa shape index (κ2) is 6.41. The number of non-ortho nitro benzene ring substituents is 1. The van der Waals surface area contributed by atoms with Crippen molar-refractivity contribution in [1.82, 2.24) is 4.57 Å². The van der Waals surface area contributed by atoms with Gasteiger partial charge in [0.25, 0.3) is 5.69 Å². The number of carbonyl (C=O) groups is 2. The summed E-state index contributed by atoms with van der Waals surface area (Å²) < 4.78 is 1.05. The Hall–Kier alpha value is -3.36. The molecule has 2 aromatic rings. The Balaban J connectivity index is 2.72. The van der Waals surface area contributed by atoms with Crippen LogP contribution in [0.15, 0.2) is 24.3 Å². The number of aromatic nitrogens is 1. The summed E-state index contributed by atoms with van der Waals surface area (Å²) in [6.07, 6.45) is -0.374. The number of aliphatic carboxylic acids is 1. The molecule has 24 heavy (non-hydrogen) atoms. The van der Waals surface area contributed by atoms with Gasteiger partial charge in [0.15, 0.2) is 11.5 Å². The van der Waals surface area contributed by atoms with Crippen molar-refractivity contribution in [1.29, 1.82) is 0 Å². The molecule has 0 aliphatic rings. The number of benzene rings is 1. The highest BCUT2D eigenvalue weighted by molar-refractivity contribution is 6.04. The number of aromatic hydroxyl groups is 2. The van der Waals surface area contributed by atoms with Crippen LogP contribution in [0.5, 0.6) is 11.6 Å². The van der Waals surface area contributed by atoms with Gasteiger partial charge in [-0.1, -0.05) is 12.1 Å². The van der Waals surface area contributed by atoms with Crippen molar-refractivity contribution in [3.63, 3.8) is 0 Å². The van der Waals surface area contributed by atoms with Gasteiger partial charge in [-0.2, -0.15) is 0 Å². The van der Waals surface area contributed by atoms with E-state index in [2.05, 4.69) is 0 Å². The molecule has 0 radical (unpaired) electrons. The van der Waals surface area contributed by atoms with E-state index in [4.69, 9.17) is 5.11 Å². The van der Waals surface area contributed by atoms with Crippen LogP contribution in [-0.2, 0) is 11.3 Å². The van der Waals surface area contributed by atoms with E-state index in [-0.39, 0.29) is 35.5 Å². The number of carbonyl (C=O) groups excluding carboxylic acids is 1. The smallest absolute Gasteiger partial charge is 0.305 e. The minimum absolute atomic E-state index is 0.0300. The van der Waals surface area contributed by atoms with E-state index in [1.54, 1.807) is 0 Å². The second-order valence-corrected chi connectivity index (χ2v) is 5.05. The Bertz CT molecular complexity index is 839. The van der Waals surface area contributed by atoms with Crippen LogP contribution < -0.4 is 0 Å². The third-order valence-corrected chi connectivity index (χ3v) is 3.44. The average molecular weight is 334 g/mol. The van der Waals surface area contributed by atoms with Gasteiger partial charge in [0.05, 0.1) is 22.6 Å². The van der Waals surface area contributed by atoms with Crippen molar-refractivity contribution in [3.8, 4) is 22.9 Å². The van der Waals surface area contributed by atoms with E-state index in [1.165, 1.54) is 24.3 Å². The first kappa shape index (κ1) is 17.0. The fraction of sp³-hybridized carbons (Fsp3) is 0.200. The summed E-state index contributed by atoms with van der Waals surface area (Å²) in [5, 5.41) is 39.8. The normalized spacial score (nSPS) is 10.5. The van der Waals surface area contributed by atoms with Gasteiger partial charge in [-0.3, -0.25) is 19.7 Å². The lowest BCUT2D eigenvalue weighted by atomic mass is 10.0. The minimum Gasteiger partial charge on any atom is -0.503 e. The highest BCUT2D eigenvalue weighted by Gasteiger charge is 2.27. The third kappa shape index (κ3) is 3.05. The summed E-state index contributed by atoms with van der Waals surface area (Å²) >= 11 is 0. The summed E-state index contributed by atoms with van der Waals surface area (Å²) in [5.41, 5.74) is -0.233. The van der Waals surface area contributed by atoms with Crippen molar-refractivity contribution < 1.29 is 29.8 Å². The molecule has 9 nitrogen and oxygen atoms in total. The number of carboxylic acids is 1. The van der Waals surface area contributed by atoms with Gasteiger partial charge in [-0.25, -0.2) is 0 Å². The lowest BCUT2D eigenvalue weighted by Gasteiger charge is -2.10. The quantitative estimate of drug-likeness (QED) is 0.417. The lowest BCUT2D eigenvalue weighted by molar-refractivity contribution is -0.384. The van der Waals surface area contributed by atoms with Crippen LogP contribution in [0.25, 0.3) is 11.3 Å². The zero-order valence-electron chi connectivity index (χ0n) is 12.6. The molecule has 0 spiro atoms. The molecule has 1 aromatic carbocycles. The minimum atomic E-state index is -1.14. The Morgan fingerprint density at radius 2 is 1.96 bits per heavy atom. The highest BCUT2D eigenvalue weighted by Crippen LogP contribution is 2.41. The molecule has 0 bridgehead atoms. The van der Waals surface area contributed by atoms with E-state index < -0.39 is 28.3 Å². The molecule has 0 fully saturated rings. The number of nitro benzene ring substituents is 1. The topological polar surface area (TPSA) is 143 Å². The lowest BCUT2D eigenvalue weighted by Crippen LogP contribution is -2.07. The molecule has 0 atom stereocenters. The number of hydrogen-bond donors (Lipinski definition) is 3. The Kier molecular flexibility index (Phi) is 4.54. The van der Waals surface area contributed by atoms with E-state index >= 15 is 0 Å². The molecule has 3 N–H and O–H groups in total. The van der Waals surface area contributed by atoms with Crippen LogP contribution in [0.2, 0.25) is 0 Å². The maximum Gasteiger partial charge on any atom is 0.305 e. The maximum atomic E-state index is 11.8. The van der Waals surface area contributed by atoms with E-state index in [0.717, 1.165) is 11.5 Å². The molecular weight excluding hydrogens is 320 g/mol. The molecule has 0 aliphatic heterocycles. The van der Waals surface area contributed by atoms with Crippen molar-refractivity contribution in [2.45, 2.75) is 19.9 Å². The average Bonchev–Trinajstić information content (AvgIpc) is 2.77. The Labute approximate surface area is 135 Å². The molecule has 126 valence electrons. The summed E-state index contributed by atoms with van der Waals surface area (Å²) in [6, 6.07) is 5.28. The summed E-state index contributed by atoms with van der Waals surface area (Å²) in [7, 11) is 0. The predicted octanol–water partition coefficient (Wildman–Crippen LogP) is 2.15. The molecule has 1 heterocycles. The number of ketones is 1. The fourth-order valence-corrected chi connectivity index (χ4v) is 2.42. The number of Topliss-reactive ketones (excluding diaryl/α,β-unsaturated/α-hetero) is 1. The molecule has 0 saturated heterocycles. The van der Waals surface area contributed by atoms with Gasteiger partial charge in [-0.15, -0.1) is 0 Å². The molecule has 0 aliphatic carbocycles. The highest BCUT2D eigenvalue weighted by atomic mass is 16.6. The SMILES string of the molecule is CC(=O)c1c(O)c(O)n(CCC(=O)O)c1-c1cccc([N+](=O)[O-])c1. The number of rotatable bonds is 6. The fourth-order valence-electron chi connectivity index (χ4n) is 2.42. The number of carboxylic acid groups (broad SMARTS) is 1. The van der Waals surface area contributed by atoms with Crippen molar-refractivity contribution in [2.75, 3.05) is 0 Å². The number of hydrogen-bond acceptors (Lipinski definition) is 6. The van der Waals surface area contributed by atoms with E-state index in [0.29, 0.717) is 0 Å². The van der Waals surface area contributed by atoms with Gasteiger partial charge >= 0.3 is 5.97 Å². The first-order chi connectivity index (χ1) is 11.2.